The Labute approximate surface area is 108 Å². The molecule has 1 saturated carbocycles. The van der Waals surface area contributed by atoms with Crippen LogP contribution >= 0.6 is 15.9 Å². The van der Waals surface area contributed by atoms with Crippen LogP contribution in [0.2, 0.25) is 0 Å². The first-order valence-corrected chi connectivity index (χ1v) is 6.79. The van der Waals surface area contributed by atoms with Crippen molar-refractivity contribution in [1.82, 2.24) is 0 Å². The molecule has 0 atom stereocenters. The van der Waals surface area contributed by atoms with Crippen LogP contribution in [0.15, 0.2) is 18.2 Å². The standard InChI is InChI=1S/C12H14BrNO3/c13-7-10-4-5-12(11(6-10)14(15)16)17-8-9-2-1-3-9/h4-6,9H,1-3,7-8H2. The van der Waals surface area contributed by atoms with Crippen LogP contribution in [-0.2, 0) is 5.33 Å². The van der Waals surface area contributed by atoms with Gasteiger partial charge in [-0.15, -0.1) is 0 Å². The molecule has 92 valence electrons. The van der Waals surface area contributed by atoms with Crippen LogP contribution in [0.3, 0.4) is 0 Å². The molecule has 0 saturated heterocycles. The van der Waals surface area contributed by atoms with E-state index in [0.29, 0.717) is 23.6 Å². The number of nitro benzene ring substituents is 1. The van der Waals surface area contributed by atoms with Crippen LogP contribution in [0.25, 0.3) is 0 Å². The zero-order chi connectivity index (χ0) is 12.3. The molecule has 1 fully saturated rings. The van der Waals surface area contributed by atoms with E-state index < -0.39 is 0 Å². The zero-order valence-corrected chi connectivity index (χ0v) is 11.0. The van der Waals surface area contributed by atoms with Gasteiger partial charge < -0.3 is 4.74 Å². The van der Waals surface area contributed by atoms with E-state index in [1.165, 1.54) is 19.3 Å². The zero-order valence-electron chi connectivity index (χ0n) is 9.39. The Morgan fingerprint density at radius 1 is 1.47 bits per heavy atom. The molecule has 0 spiro atoms. The second-order valence-corrected chi connectivity index (χ2v) is 4.86. The second kappa shape index (κ2) is 5.49. The molecular formula is C12H14BrNO3. The normalized spacial score (nSPS) is 15.4. The Hall–Kier alpha value is -1.10. The molecule has 1 aromatic carbocycles. The van der Waals surface area contributed by atoms with Gasteiger partial charge in [0.15, 0.2) is 5.75 Å². The SMILES string of the molecule is O=[N+]([O-])c1cc(CBr)ccc1OCC1CCC1. The van der Waals surface area contributed by atoms with E-state index in [-0.39, 0.29) is 10.6 Å². The van der Waals surface area contributed by atoms with Crippen molar-refractivity contribution in [2.75, 3.05) is 6.61 Å². The monoisotopic (exact) mass is 299 g/mol. The number of halogens is 1. The van der Waals surface area contributed by atoms with Crippen LogP contribution < -0.4 is 4.74 Å². The van der Waals surface area contributed by atoms with Crippen LogP contribution in [0.4, 0.5) is 5.69 Å². The lowest BCUT2D eigenvalue weighted by atomic mass is 9.86. The summed E-state index contributed by atoms with van der Waals surface area (Å²) in [6, 6.07) is 5.09. The third-order valence-electron chi connectivity index (χ3n) is 3.07. The van der Waals surface area contributed by atoms with Crippen LogP contribution in [0.5, 0.6) is 5.75 Å². The Morgan fingerprint density at radius 3 is 2.76 bits per heavy atom. The summed E-state index contributed by atoms with van der Waals surface area (Å²) >= 11 is 3.28. The summed E-state index contributed by atoms with van der Waals surface area (Å²) in [5, 5.41) is 11.5. The van der Waals surface area contributed by atoms with Gasteiger partial charge in [0.2, 0.25) is 0 Å². The molecule has 0 amide bonds. The fourth-order valence-electron chi connectivity index (χ4n) is 1.78. The van der Waals surface area contributed by atoms with E-state index in [1.807, 2.05) is 6.07 Å². The van der Waals surface area contributed by atoms with Crippen molar-refractivity contribution in [3.05, 3.63) is 33.9 Å². The molecular weight excluding hydrogens is 286 g/mol. The molecule has 0 bridgehead atoms. The molecule has 5 heteroatoms. The van der Waals surface area contributed by atoms with Crippen molar-refractivity contribution in [2.45, 2.75) is 24.6 Å². The fraction of sp³-hybridized carbons (Fsp3) is 0.500. The lowest BCUT2D eigenvalue weighted by Crippen LogP contribution is -2.19. The van der Waals surface area contributed by atoms with E-state index in [9.17, 15) is 10.1 Å². The molecule has 1 aromatic rings. The number of alkyl halides is 1. The van der Waals surface area contributed by atoms with Crippen molar-refractivity contribution in [3.63, 3.8) is 0 Å². The summed E-state index contributed by atoms with van der Waals surface area (Å²) in [6.45, 7) is 0.592. The first-order chi connectivity index (χ1) is 8.20. The maximum Gasteiger partial charge on any atom is 0.311 e. The minimum absolute atomic E-state index is 0.0567. The molecule has 17 heavy (non-hydrogen) atoms. The molecule has 1 aliphatic carbocycles. The Morgan fingerprint density at radius 2 is 2.24 bits per heavy atom. The number of hydrogen-bond acceptors (Lipinski definition) is 3. The van der Waals surface area contributed by atoms with E-state index in [4.69, 9.17) is 4.74 Å². The maximum atomic E-state index is 10.9. The quantitative estimate of drug-likeness (QED) is 0.473. The summed E-state index contributed by atoms with van der Waals surface area (Å²) in [4.78, 5) is 10.5. The Balaban J connectivity index is 2.10. The molecule has 0 heterocycles. The highest BCUT2D eigenvalue weighted by molar-refractivity contribution is 9.08. The minimum atomic E-state index is -0.387. The van der Waals surface area contributed by atoms with Gasteiger partial charge in [-0.1, -0.05) is 28.4 Å². The van der Waals surface area contributed by atoms with E-state index in [1.54, 1.807) is 12.1 Å². The van der Waals surface area contributed by atoms with Gasteiger partial charge in [-0.25, -0.2) is 0 Å². The molecule has 1 aliphatic rings. The van der Waals surface area contributed by atoms with Gasteiger partial charge in [0.05, 0.1) is 11.5 Å². The van der Waals surface area contributed by atoms with Crippen LogP contribution in [0, 0.1) is 16.0 Å². The van der Waals surface area contributed by atoms with Crippen molar-refractivity contribution >= 4 is 21.6 Å². The summed E-state index contributed by atoms with van der Waals surface area (Å²) in [6.07, 6.45) is 3.60. The Bertz CT molecular complexity index is 418. The summed E-state index contributed by atoms with van der Waals surface area (Å²) in [7, 11) is 0. The lowest BCUT2D eigenvalue weighted by molar-refractivity contribution is -0.386. The molecule has 0 N–H and O–H groups in total. The number of rotatable bonds is 5. The van der Waals surface area contributed by atoms with E-state index in [2.05, 4.69) is 15.9 Å². The van der Waals surface area contributed by atoms with Gasteiger partial charge >= 0.3 is 5.69 Å². The predicted octanol–water partition coefficient (Wildman–Crippen LogP) is 3.67. The van der Waals surface area contributed by atoms with Crippen LogP contribution in [-0.4, -0.2) is 11.5 Å². The number of benzene rings is 1. The third kappa shape index (κ3) is 2.97. The van der Waals surface area contributed by atoms with Crippen LogP contribution in [0.1, 0.15) is 24.8 Å². The molecule has 2 rings (SSSR count). The summed E-state index contributed by atoms with van der Waals surface area (Å²) in [5.41, 5.74) is 0.939. The van der Waals surface area contributed by atoms with Gasteiger partial charge in [0.1, 0.15) is 0 Å². The van der Waals surface area contributed by atoms with E-state index >= 15 is 0 Å². The van der Waals surface area contributed by atoms with Crippen molar-refractivity contribution < 1.29 is 9.66 Å². The number of nitrogens with zero attached hydrogens (tertiary/aromatic N) is 1. The highest BCUT2D eigenvalue weighted by atomic mass is 79.9. The van der Waals surface area contributed by atoms with Gasteiger partial charge in [-0.2, -0.15) is 0 Å². The van der Waals surface area contributed by atoms with Gasteiger partial charge in [-0.05, 0) is 30.4 Å². The molecule has 0 aliphatic heterocycles. The maximum absolute atomic E-state index is 10.9. The molecule has 4 nitrogen and oxygen atoms in total. The molecule has 0 radical (unpaired) electrons. The smallest absolute Gasteiger partial charge is 0.311 e. The number of hydrogen-bond donors (Lipinski definition) is 0. The third-order valence-corrected chi connectivity index (χ3v) is 3.72. The molecule has 0 aromatic heterocycles. The average Bonchev–Trinajstić information content (AvgIpc) is 2.27. The highest BCUT2D eigenvalue weighted by Gasteiger charge is 2.21. The fourth-order valence-corrected chi connectivity index (χ4v) is 2.13. The van der Waals surface area contributed by atoms with Gasteiger partial charge in [0, 0.05) is 11.4 Å². The number of ether oxygens (including phenoxy) is 1. The van der Waals surface area contributed by atoms with E-state index in [0.717, 1.165) is 5.56 Å². The van der Waals surface area contributed by atoms with Crippen molar-refractivity contribution in [3.8, 4) is 5.75 Å². The first-order valence-electron chi connectivity index (χ1n) is 5.67. The molecule has 0 unspecified atom stereocenters. The summed E-state index contributed by atoms with van der Waals surface area (Å²) in [5.74, 6) is 0.956. The largest absolute Gasteiger partial charge is 0.487 e. The average molecular weight is 300 g/mol. The Kier molecular flexibility index (Phi) is 3.99. The first kappa shape index (κ1) is 12.4. The lowest BCUT2D eigenvalue weighted by Gasteiger charge is -2.25. The highest BCUT2D eigenvalue weighted by Crippen LogP contribution is 2.32. The van der Waals surface area contributed by atoms with Gasteiger partial charge in [-0.3, -0.25) is 10.1 Å². The second-order valence-electron chi connectivity index (χ2n) is 4.30. The summed E-state index contributed by atoms with van der Waals surface area (Å²) < 4.78 is 5.54. The predicted molar refractivity (Wildman–Crippen MR) is 68.6 cm³/mol. The van der Waals surface area contributed by atoms with Crippen molar-refractivity contribution in [1.29, 1.82) is 0 Å². The number of nitro groups is 1. The topological polar surface area (TPSA) is 52.4 Å². The van der Waals surface area contributed by atoms with Crippen molar-refractivity contribution in [2.24, 2.45) is 5.92 Å². The van der Waals surface area contributed by atoms with Gasteiger partial charge in [0.25, 0.3) is 0 Å². The minimum Gasteiger partial charge on any atom is -0.487 e.